The van der Waals surface area contributed by atoms with Crippen molar-refractivity contribution in [2.45, 2.75) is 31.8 Å². The second-order valence-corrected chi connectivity index (χ2v) is 7.82. The van der Waals surface area contributed by atoms with E-state index in [1.54, 1.807) is 42.3 Å². The van der Waals surface area contributed by atoms with Crippen LogP contribution in [0.15, 0.2) is 36.7 Å². The fourth-order valence-corrected chi connectivity index (χ4v) is 3.55. The topological polar surface area (TPSA) is 126 Å². The second-order valence-electron chi connectivity index (χ2n) is 7.82. The number of halogens is 2. The molecule has 9 nitrogen and oxygen atoms in total. The average molecular weight is 455 g/mol. The Morgan fingerprint density at radius 2 is 2.03 bits per heavy atom. The van der Waals surface area contributed by atoms with Crippen molar-refractivity contribution in [3.8, 4) is 23.4 Å². The second kappa shape index (κ2) is 9.09. The van der Waals surface area contributed by atoms with Gasteiger partial charge >= 0.3 is 0 Å². The molecule has 3 N–H and O–H groups in total. The molecule has 3 aromatic rings. The van der Waals surface area contributed by atoms with E-state index in [2.05, 4.69) is 21.1 Å². The lowest BCUT2D eigenvalue weighted by molar-refractivity contribution is -0.0221. The van der Waals surface area contributed by atoms with E-state index in [9.17, 15) is 19.1 Å². The van der Waals surface area contributed by atoms with Crippen LogP contribution in [0.3, 0.4) is 0 Å². The Bertz CT molecular complexity index is 1180. The van der Waals surface area contributed by atoms with Gasteiger partial charge < -0.3 is 20.5 Å². The summed E-state index contributed by atoms with van der Waals surface area (Å²) in [6, 6.07) is 8.49. The largest absolute Gasteiger partial charge is 0.437 e. The fourth-order valence-electron chi connectivity index (χ4n) is 3.55. The Kier molecular flexibility index (Phi) is 6.22. The van der Waals surface area contributed by atoms with Crippen LogP contribution < -0.4 is 15.4 Å². The van der Waals surface area contributed by atoms with Crippen LogP contribution >= 0.6 is 0 Å². The van der Waals surface area contributed by atoms with Crippen LogP contribution in [-0.4, -0.2) is 50.4 Å². The first kappa shape index (κ1) is 22.6. The molecule has 1 fully saturated rings. The minimum atomic E-state index is -2.66. The van der Waals surface area contributed by atoms with Crippen LogP contribution in [0.25, 0.3) is 5.69 Å². The number of hydrogen-bond donors (Lipinski definition) is 2. The molecule has 172 valence electrons. The summed E-state index contributed by atoms with van der Waals surface area (Å²) >= 11 is 0. The van der Waals surface area contributed by atoms with Gasteiger partial charge in [0.2, 0.25) is 5.88 Å². The SMILES string of the molecule is Cc1nc(Oc2cc(C#N)ccc2-n2cc(C(O)CN)cn2)cc(N2CCC(F)(F)CC2)n1. The maximum absolute atomic E-state index is 13.5. The van der Waals surface area contributed by atoms with Crippen molar-refractivity contribution in [3.05, 3.63) is 53.6 Å². The molecule has 1 atom stereocenters. The smallest absolute Gasteiger partial charge is 0.251 e. The number of aliphatic hydroxyl groups excluding tert-OH is 1. The molecule has 0 amide bonds. The van der Waals surface area contributed by atoms with Gasteiger partial charge in [-0.15, -0.1) is 0 Å². The molecule has 1 aliphatic rings. The number of benzene rings is 1. The van der Waals surface area contributed by atoms with Gasteiger partial charge in [0.1, 0.15) is 17.3 Å². The molecule has 33 heavy (non-hydrogen) atoms. The number of rotatable bonds is 6. The summed E-state index contributed by atoms with van der Waals surface area (Å²) < 4.78 is 34.6. The van der Waals surface area contributed by atoms with Gasteiger partial charge in [-0.05, 0) is 19.1 Å². The number of alkyl halides is 2. The summed E-state index contributed by atoms with van der Waals surface area (Å²) in [7, 11) is 0. The normalized spacial score (nSPS) is 16.3. The minimum Gasteiger partial charge on any atom is -0.437 e. The Morgan fingerprint density at radius 3 is 2.73 bits per heavy atom. The molecule has 1 aromatic carbocycles. The summed E-state index contributed by atoms with van der Waals surface area (Å²) in [6.45, 7) is 2.10. The molecule has 11 heteroatoms. The first-order chi connectivity index (χ1) is 15.8. The number of piperidine rings is 1. The van der Waals surface area contributed by atoms with Crippen molar-refractivity contribution in [2.24, 2.45) is 5.73 Å². The zero-order valence-electron chi connectivity index (χ0n) is 17.9. The Hall–Kier alpha value is -3.62. The third kappa shape index (κ3) is 5.08. The summed E-state index contributed by atoms with van der Waals surface area (Å²) in [5, 5.41) is 23.6. The van der Waals surface area contributed by atoms with E-state index in [0.29, 0.717) is 34.2 Å². The predicted molar refractivity (Wildman–Crippen MR) is 116 cm³/mol. The molecule has 1 unspecified atom stereocenters. The fraction of sp³-hybridized carbons (Fsp3) is 0.364. The maximum atomic E-state index is 13.5. The number of nitriles is 1. The van der Waals surface area contributed by atoms with Gasteiger partial charge in [0.15, 0.2) is 5.75 Å². The van der Waals surface area contributed by atoms with E-state index in [0.717, 1.165) is 0 Å². The van der Waals surface area contributed by atoms with Gasteiger partial charge in [-0.3, -0.25) is 0 Å². The quantitative estimate of drug-likeness (QED) is 0.581. The van der Waals surface area contributed by atoms with Gasteiger partial charge in [0.25, 0.3) is 5.92 Å². The van der Waals surface area contributed by atoms with Crippen LogP contribution in [0.5, 0.6) is 11.6 Å². The molecule has 0 saturated carbocycles. The van der Waals surface area contributed by atoms with Gasteiger partial charge in [0, 0.05) is 56.4 Å². The van der Waals surface area contributed by atoms with Crippen LogP contribution in [0, 0.1) is 18.3 Å². The molecular formula is C22H23F2N7O2. The van der Waals surface area contributed by atoms with E-state index in [1.165, 1.54) is 10.9 Å². The van der Waals surface area contributed by atoms with Crippen LogP contribution in [0.2, 0.25) is 0 Å². The van der Waals surface area contributed by atoms with Crippen molar-refractivity contribution >= 4 is 5.82 Å². The molecule has 0 bridgehead atoms. The summed E-state index contributed by atoms with van der Waals surface area (Å²) in [4.78, 5) is 10.5. The van der Waals surface area contributed by atoms with Crippen molar-refractivity contribution in [2.75, 3.05) is 24.5 Å². The molecule has 4 rings (SSSR count). The maximum Gasteiger partial charge on any atom is 0.251 e. The Balaban J connectivity index is 1.65. The number of anilines is 1. The first-order valence-electron chi connectivity index (χ1n) is 10.4. The number of hydrogen-bond acceptors (Lipinski definition) is 8. The Morgan fingerprint density at radius 1 is 1.27 bits per heavy atom. The van der Waals surface area contributed by atoms with Crippen molar-refractivity contribution < 1.29 is 18.6 Å². The molecular weight excluding hydrogens is 432 g/mol. The summed E-state index contributed by atoms with van der Waals surface area (Å²) in [5.74, 6) is -1.23. The molecule has 3 heterocycles. The van der Waals surface area contributed by atoms with Gasteiger partial charge in [-0.25, -0.2) is 18.4 Å². The van der Waals surface area contributed by atoms with Crippen molar-refractivity contribution in [3.63, 3.8) is 0 Å². The lowest BCUT2D eigenvalue weighted by Crippen LogP contribution is -2.39. The molecule has 0 spiro atoms. The minimum absolute atomic E-state index is 0.0494. The average Bonchev–Trinajstić information content (AvgIpc) is 3.28. The number of aliphatic hydroxyl groups is 1. The number of ether oxygens (including phenoxy) is 1. The zero-order valence-corrected chi connectivity index (χ0v) is 17.9. The molecule has 0 radical (unpaired) electrons. The standard InChI is InChI=1S/C22H23F2N7O2/c1-14-28-20(30-6-4-22(23,24)5-7-30)9-21(29-14)33-19-8-15(10-25)2-3-17(19)31-13-16(12-27-31)18(32)11-26/h2-3,8-9,12-13,18,32H,4-7,11,26H2,1H3. The molecule has 2 aromatic heterocycles. The lowest BCUT2D eigenvalue weighted by Gasteiger charge is -2.32. The van der Waals surface area contributed by atoms with Gasteiger partial charge in [-0.1, -0.05) is 0 Å². The number of nitrogens with zero attached hydrogens (tertiary/aromatic N) is 6. The van der Waals surface area contributed by atoms with E-state index in [-0.39, 0.29) is 38.4 Å². The first-order valence-corrected chi connectivity index (χ1v) is 10.4. The number of nitrogens with two attached hydrogens (primary N) is 1. The van der Waals surface area contributed by atoms with E-state index in [4.69, 9.17) is 10.5 Å². The van der Waals surface area contributed by atoms with Crippen LogP contribution in [-0.2, 0) is 0 Å². The van der Waals surface area contributed by atoms with Gasteiger partial charge in [-0.2, -0.15) is 15.3 Å². The highest BCUT2D eigenvalue weighted by Gasteiger charge is 2.34. The highest BCUT2D eigenvalue weighted by Crippen LogP contribution is 2.33. The summed E-state index contributed by atoms with van der Waals surface area (Å²) in [6.07, 6.45) is 1.79. The van der Waals surface area contributed by atoms with E-state index in [1.807, 2.05) is 0 Å². The van der Waals surface area contributed by atoms with Crippen molar-refractivity contribution in [1.29, 1.82) is 5.26 Å². The molecule has 0 aliphatic carbocycles. The van der Waals surface area contributed by atoms with Crippen LogP contribution in [0.1, 0.15) is 35.9 Å². The predicted octanol–water partition coefficient (Wildman–Crippen LogP) is 2.86. The van der Waals surface area contributed by atoms with E-state index >= 15 is 0 Å². The van der Waals surface area contributed by atoms with E-state index < -0.39 is 12.0 Å². The lowest BCUT2D eigenvalue weighted by atomic mass is 10.1. The molecule has 1 aliphatic heterocycles. The number of aryl methyl sites for hydroxylation is 1. The third-order valence-electron chi connectivity index (χ3n) is 5.38. The molecule has 1 saturated heterocycles. The van der Waals surface area contributed by atoms with Crippen LogP contribution in [0.4, 0.5) is 14.6 Å². The highest BCUT2D eigenvalue weighted by atomic mass is 19.3. The highest BCUT2D eigenvalue weighted by molar-refractivity contribution is 5.53. The summed E-state index contributed by atoms with van der Waals surface area (Å²) in [5.41, 5.74) is 6.94. The monoisotopic (exact) mass is 455 g/mol. The Labute approximate surface area is 189 Å². The van der Waals surface area contributed by atoms with Gasteiger partial charge in [0.05, 0.1) is 23.9 Å². The number of aromatic nitrogens is 4. The van der Waals surface area contributed by atoms with Crippen molar-refractivity contribution in [1.82, 2.24) is 19.7 Å². The zero-order chi connectivity index (χ0) is 23.6. The third-order valence-corrected chi connectivity index (χ3v) is 5.38.